The second kappa shape index (κ2) is 14.7. The molecule has 2 aromatic carbocycles. The van der Waals surface area contributed by atoms with E-state index in [0.717, 1.165) is 66.1 Å². The first-order chi connectivity index (χ1) is 21.7. The number of nitrogens with one attached hydrogen (secondary N) is 1. The van der Waals surface area contributed by atoms with Crippen molar-refractivity contribution in [3.63, 3.8) is 0 Å². The number of anilines is 1. The summed E-state index contributed by atoms with van der Waals surface area (Å²) in [5, 5.41) is 14.0. The molecule has 4 rings (SSSR count). The van der Waals surface area contributed by atoms with E-state index in [1.807, 2.05) is 52.0 Å². The van der Waals surface area contributed by atoms with Gasteiger partial charge in [-0.2, -0.15) is 0 Å². The number of aromatic nitrogens is 1. The average Bonchev–Trinajstić information content (AvgIpc) is 2.99. The van der Waals surface area contributed by atoms with Gasteiger partial charge in [-0.25, -0.2) is 9.18 Å². The number of aryl methyl sites for hydroxylation is 1. The molecule has 0 bridgehead atoms. The molecule has 1 fully saturated rings. The third kappa shape index (κ3) is 9.09. The van der Waals surface area contributed by atoms with Crippen LogP contribution in [0.25, 0.3) is 11.1 Å². The lowest BCUT2D eigenvalue weighted by molar-refractivity contribution is -0.160. The van der Waals surface area contributed by atoms with E-state index in [1.165, 1.54) is 12.1 Å². The van der Waals surface area contributed by atoms with Crippen molar-refractivity contribution in [1.29, 1.82) is 0 Å². The van der Waals surface area contributed by atoms with E-state index >= 15 is 0 Å². The first-order valence-corrected chi connectivity index (χ1v) is 16.3. The molecule has 0 aliphatic carbocycles. The van der Waals surface area contributed by atoms with Crippen molar-refractivity contribution in [2.45, 2.75) is 92.4 Å². The van der Waals surface area contributed by atoms with Crippen LogP contribution in [0.3, 0.4) is 0 Å². The summed E-state index contributed by atoms with van der Waals surface area (Å²) in [6.07, 6.45) is 2.20. The molecule has 2 N–H and O–H groups in total. The molecule has 0 unspecified atom stereocenters. The Kier molecular flexibility index (Phi) is 11.1. The van der Waals surface area contributed by atoms with Crippen LogP contribution in [0.15, 0.2) is 60.8 Å². The average molecular weight is 632 g/mol. The Labute approximate surface area is 273 Å². The van der Waals surface area contributed by atoms with Gasteiger partial charge in [-0.05, 0) is 87.8 Å². The molecule has 0 radical (unpaired) electrons. The Morgan fingerprint density at radius 2 is 1.74 bits per heavy atom. The van der Waals surface area contributed by atoms with Crippen molar-refractivity contribution < 1.29 is 23.8 Å². The number of carbonyl (C=O) groups is 1. The topological polar surface area (TPSA) is 83.9 Å². The maximum Gasteiger partial charge on any atom is 0.337 e. The highest BCUT2D eigenvalue weighted by molar-refractivity contribution is 5.88. The molecule has 1 saturated heterocycles. The monoisotopic (exact) mass is 631 g/mol. The van der Waals surface area contributed by atoms with E-state index in [1.54, 1.807) is 12.1 Å². The number of hydrogen-bond donors (Lipinski definition) is 2. The minimum atomic E-state index is -1.20. The zero-order chi connectivity index (χ0) is 33.6. The summed E-state index contributed by atoms with van der Waals surface area (Å²) in [6, 6.07) is 14.3. The van der Waals surface area contributed by atoms with Crippen LogP contribution in [0, 0.1) is 18.2 Å². The molecule has 0 saturated carbocycles. The van der Waals surface area contributed by atoms with Gasteiger partial charge in [0.2, 0.25) is 0 Å². The highest BCUT2D eigenvalue weighted by Crippen LogP contribution is 2.45. The molecular weight excluding hydrogens is 581 g/mol. The smallest absolute Gasteiger partial charge is 0.337 e. The van der Waals surface area contributed by atoms with E-state index in [0.29, 0.717) is 36.6 Å². The molecule has 1 atom stereocenters. The molecule has 1 aliphatic rings. The minimum absolute atomic E-state index is 0.198. The van der Waals surface area contributed by atoms with Crippen molar-refractivity contribution >= 4 is 11.7 Å². The van der Waals surface area contributed by atoms with E-state index in [9.17, 15) is 14.3 Å². The fraction of sp³-hybridized carbons (Fsp3) is 0.474. The maximum absolute atomic E-state index is 13.3. The molecule has 46 heavy (non-hydrogen) atoms. The molecule has 1 aromatic heterocycles. The Morgan fingerprint density at radius 3 is 2.30 bits per heavy atom. The number of aliphatic carboxylic acids is 1. The second-order valence-corrected chi connectivity index (χ2v) is 13.9. The Bertz CT molecular complexity index is 1500. The van der Waals surface area contributed by atoms with Crippen LogP contribution < -0.4 is 15.0 Å². The minimum Gasteiger partial charge on any atom is -0.493 e. The van der Waals surface area contributed by atoms with Crippen LogP contribution >= 0.6 is 0 Å². The number of benzene rings is 2. The van der Waals surface area contributed by atoms with Gasteiger partial charge in [-0.1, -0.05) is 51.6 Å². The number of ether oxygens (including phenoxy) is 2. The standard InChI is InChI=1S/C38H50FN3O4/c1-9-25(2)40-24-31-33(28-12-16-30(17-13-28)45-23-18-27-10-14-29(39)15-11-27)34(42-21-19-38(7,8)20-22-42)32(26(3)41-31)35(36(43)44)46-37(4,5)6/h10-17,35,40H,2,9,18-24H2,1,3-8H3,(H,43,44)/t35-/m0/s1. The molecule has 248 valence electrons. The molecule has 8 heteroatoms. The molecule has 1 aliphatic heterocycles. The summed E-state index contributed by atoms with van der Waals surface area (Å²) in [4.78, 5) is 20.3. The summed E-state index contributed by atoms with van der Waals surface area (Å²) in [7, 11) is 0. The fourth-order valence-electron chi connectivity index (χ4n) is 5.75. The molecule has 0 amide bonds. The van der Waals surface area contributed by atoms with Gasteiger partial charge in [-0.15, -0.1) is 0 Å². The van der Waals surface area contributed by atoms with Gasteiger partial charge < -0.3 is 24.8 Å². The Balaban J connectivity index is 1.81. The number of halogens is 1. The zero-order valence-electron chi connectivity index (χ0n) is 28.5. The van der Waals surface area contributed by atoms with E-state index in [2.05, 4.69) is 37.6 Å². The number of piperidine rings is 1. The van der Waals surface area contributed by atoms with Gasteiger partial charge in [0.15, 0.2) is 6.10 Å². The summed E-state index contributed by atoms with van der Waals surface area (Å²) in [5.74, 6) is -0.583. The van der Waals surface area contributed by atoms with Crippen molar-refractivity contribution in [3.8, 4) is 16.9 Å². The maximum atomic E-state index is 13.3. The SMILES string of the molecule is C=C(CC)NCc1nc(C)c([C@H](OC(C)(C)C)C(=O)O)c(N2CCC(C)(C)CC2)c1-c1ccc(OCCc2ccc(F)cc2)cc1. The first kappa shape index (κ1) is 35.0. The van der Waals surface area contributed by atoms with Gasteiger partial charge >= 0.3 is 5.97 Å². The van der Waals surface area contributed by atoms with Crippen LogP contribution in [-0.4, -0.2) is 41.4 Å². The lowest BCUT2D eigenvalue weighted by atomic mass is 9.81. The van der Waals surface area contributed by atoms with Crippen molar-refractivity contribution in [2.24, 2.45) is 5.41 Å². The molecule has 7 nitrogen and oxygen atoms in total. The third-order valence-electron chi connectivity index (χ3n) is 8.51. The highest BCUT2D eigenvalue weighted by atomic mass is 19.1. The lowest BCUT2D eigenvalue weighted by Crippen LogP contribution is -2.39. The number of rotatable bonds is 13. The third-order valence-corrected chi connectivity index (χ3v) is 8.51. The van der Waals surface area contributed by atoms with Gasteiger partial charge in [-0.3, -0.25) is 4.98 Å². The largest absolute Gasteiger partial charge is 0.493 e. The van der Waals surface area contributed by atoms with Gasteiger partial charge in [0.25, 0.3) is 0 Å². The van der Waals surface area contributed by atoms with Gasteiger partial charge in [0.1, 0.15) is 11.6 Å². The number of pyridine rings is 1. The number of carboxylic acids is 1. The fourth-order valence-corrected chi connectivity index (χ4v) is 5.75. The number of hydrogen-bond acceptors (Lipinski definition) is 6. The molecule has 3 aromatic rings. The lowest BCUT2D eigenvalue weighted by Gasteiger charge is -2.41. The van der Waals surface area contributed by atoms with Gasteiger partial charge in [0, 0.05) is 42.0 Å². The summed E-state index contributed by atoms with van der Waals surface area (Å²) >= 11 is 0. The van der Waals surface area contributed by atoms with Crippen LogP contribution in [-0.2, 0) is 22.5 Å². The van der Waals surface area contributed by atoms with Gasteiger partial charge in [0.05, 0.1) is 30.1 Å². The number of carboxylic acid groups (broad SMARTS) is 1. The number of nitrogens with zero attached hydrogens (tertiary/aromatic N) is 2. The molecule has 0 spiro atoms. The first-order valence-electron chi connectivity index (χ1n) is 16.3. The van der Waals surface area contributed by atoms with E-state index in [4.69, 9.17) is 14.5 Å². The predicted octanol–water partition coefficient (Wildman–Crippen LogP) is 8.40. The van der Waals surface area contributed by atoms with Crippen LogP contribution in [0.2, 0.25) is 0 Å². The van der Waals surface area contributed by atoms with Crippen LogP contribution in [0.5, 0.6) is 5.75 Å². The summed E-state index contributed by atoms with van der Waals surface area (Å²) < 4.78 is 25.6. The number of allylic oxidation sites excluding steroid dienone is 1. The molecule has 2 heterocycles. The summed E-state index contributed by atoms with van der Waals surface area (Å²) in [5.41, 5.74) is 6.13. The highest BCUT2D eigenvalue weighted by Gasteiger charge is 2.37. The van der Waals surface area contributed by atoms with Crippen LogP contribution in [0.4, 0.5) is 10.1 Å². The van der Waals surface area contributed by atoms with E-state index in [-0.39, 0.29) is 11.2 Å². The van der Waals surface area contributed by atoms with Crippen molar-refractivity contribution in [3.05, 3.63) is 89.1 Å². The zero-order valence-corrected chi connectivity index (χ0v) is 28.5. The van der Waals surface area contributed by atoms with Crippen molar-refractivity contribution in [1.82, 2.24) is 10.3 Å². The quantitative estimate of drug-likeness (QED) is 0.196. The second-order valence-electron chi connectivity index (χ2n) is 13.9. The van der Waals surface area contributed by atoms with E-state index < -0.39 is 17.7 Å². The Hall–Kier alpha value is -3.91. The molecular formula is C38H50FN3O4. The van der Waals surface area contributed by atoms with Crippen LogP contribution in [0.1, 0.15) is 89.4 Å². The van der Waals surface area contributed by atoms with Crippen molar-refractivity contribution in [2.75, 3.05) is 24.6 Å². The summed E-state index contributed by atoms with van der Waals surface area (Å²) in [6.45, 7) is 20.7. The normalized spacial score (nSPS) is 15.3. The predicted molar refractivity (Wildman–Crippen MR) is 183 cm³/mol. The Morgan fingerprint density at radius 1 is 1.11 bits per heavy atom.